The van der Waals surface area contributed by atoms with E-state index in [2.05, 4.69) is 4.99 Å². The van der Waals surface area contributed by atoms with Gasteiger partial charge in [-0.15, -0.1) is 0 Å². The molecule has 1 N–H and O–H groups in total. The SMILES string of the molecule is Cc1ccc(N=C(c2ccccc2Cl)N(O)c2ccc(Cl)cc2)cc1. The summed E-state index contributed by atoms with van der Waals surface area (Å²) in [6.07, 6.45) is 0. The van der Waals surface area contributed by atoms with E-state index < -0.39 is 0 Å². The molecule has 0 amide bonds. The van der Waals surface area contributed by atoms with Crippen LogP contribution in [0.5, 0.6) is 0 Å². The molecule has 0 aliphatic carbocycles. The largest absolute Gasteiger partial charge is 0.282 e. The minimum atomic E-state index is 0.330. The van der Waals surface area contributed by atoms with E-state index in [4.69, 9.17) is 23.2 Å². The second-order valence-corrected chi connectivity index (χ2v) is 6.38. The van der Waals surface area contributed by atoms with Crippen LogP contribution >= 0.6 is 23.2 Å². The Kier molecular flexibility index (Phi) is 5.39. The van der Waals surface area contributed by atoms with Gasteiger partial charge in [0.15, 0.2) is 5.84 Å². The second-order valence-electron chi connectivity index (χ2n) is 5.54. The summed E-state index contributed by atoms with van der Waals surface area (Å²) in [5.74, 6) is 0.330. The van der Waals surface area contributed by atoms with Gasteiger partial charge in [-0.2, -0.15) is 0 Å². The molecule has 25 heavy (non-hydrogen) atoms. The van der Waals surface area contributed by atoms with Crippen molar-refractivity contribution >= 4 is 40.4 Å². The van der Waals surface area contributed by atoms with Crippen LogP contribution in [0.4, 0.5) is 11.4 Å². The standard InChI is InChI=1S/C20H16Cl2N2O/c1-14-6-10-16(11-7-14)23-20(18-4-2-3-5-19(18)22)24(25)17-12-8-15(21)9-13-17/h2-13,25H,1H3. The Bertz CT molecular complexity index is 890. The normalized spacial score (nSPS) is 11.4. The molecule has 0 aliphatic rings. The van der Waals surface area contributed by atoms with Crippen molar-refractivity contribution in [1.29, 1.82) is 0 Å². The van der Waals surface area contributed by atoms with Crippen molar-refractivity contribution in [2.75, 3.05) is 5.06 Å². The average molecular weight is 371 g/mol. The van der Waals surface area contributed by atoms with Crippen LogP contribution in [-0.2, 0) is 0 Å². The first-order chi connectivity index (χ1) is 12.0. The monoisotopic (exact) mass is 370 g/mol. The van der Waals surface area contributed by atoms with Crippen LogP contribution in [0.15, 0.2) is 77.8 Å². The van der Waals surface area contributed by atoms with Crippen LogP contribution < -0.4 is 5.06 Å². The number of benzene rings is 3. The highest BCUT2D eigenvalue weighted by Gasteiger charge is 2.17. The molecular formula is C20H16Cl2N2O. The summed E-state index contributed by atoms with van der Waals surface area (Å²) in [7, 11) is 0. The third-order valence-electron chi connectivity index (χ3n) is 3.66. The molecule has 0 saturated carbocycles. The number of aliphatic imine (C=N–C) groups is 1. The van der Waals surface area contributed by atoms with E-state index in [-0.39, 0.29) is 0 Å². The summed E-state index contributed by atoms with van der Waals surface area (Å²) in [5.41, 5.74) is 3.02. The smallest absolute Gasteiger partial charge is 0.167 e. The maximum absolute atomic E-state index is 10.8. The quantitative estimate of drug-likeness (QED) is 0.334. The molecule has 0 aromatic heterocycles. The van der Waals surface area contributed by atoms with Crippen LogP contribution in [0.1, 0.15) is 11.1 Å². The Labute approximate surface area is 156 Å². The summed E-state index contributed by atoms with van der Waals surface area (Å²) >= 11 is 12.3. The summed E-state index contributed by atoms with van der Waals surface area (Å²) < 4.78 is 0. The molecule has 0 bridgehead atoms. The van der Waals surface area contributed by atoms with Gasteiger partial charge in [0.25, 0.3) is 0 Å². The Morgan fingerprint density at radius 1 is 0.880 bits per heavy atom. The number of halogens is 2. The molecule has 0 fully saturated rings. The number of anilines is 1. The van der Waals surface area contributed by atoms with Gasteiger partial charge in [0.2, 0.25) is 0 Å². The van der Waals surface area contributed by atoms with Crippen LogP contribution in [-0.4, -0.2) is 11.0 Å². The van der Waals surface area contributed by atoms with Gasteiger partial charge in [-0.05, 0) is 55.5 Å². The number of aryl methyl sites for hydroxylation is 1. The Hall–Kier alpha value is -2.33. The molecule has 0 unspecified atom stereocenters. The Balaban J connectivity index is 2.10. The number of nitrogens with zero attached hydrogens (tertiary/aromatic N) is 2. The van der Waals surface area contributed by atoms with E-state index in [1.165, 1.54) is 0 Å². The van der Waals surface area contributed by atoms with E-state index in [0.717, 1.165) is 10.6 Å². The third-order valence-corrected chi connectivity index (χ3v) is 4.24. The van der Waals surface area contributed by atoms with E-state index >= 15 is 0 Å². The lowest BCUT2D eigenvalue weighted by molar-refractivity contribution is 0.313. The third kappa shape index (κ3) is 4.20. The van der Waals surface area contributed by atoms with Gasteiger partial charge in [-0.3, -0.25) is 5.21 Å². The predicted octanol–water partition coefficient (Wildman–Crippen LogP) is 6.28. The first kappa shape index (κ1) is 17.5. The van der Waals surface area contributed by atoms with Gasteiger partial charge in [0.1, 0.15) is 0 Å². The molecule has 3 aromatic carbocycles. The molecule has 0 aliphatic heterocycles. The molecule has 3 nitrogen and oxygen atoms in total. The lowest BCUT2D eigenvalue weighted by Crippen LogP contribution is -2.28. The van der Waals surface area contributed by atoms with Crippen LogP contribution in [0, 0.1) is 6.92 Å². The number of hydrogen-bond acceptors (Lipinski definition) is 2. The first-order valence-electron chi connectivity index (χ1n) is 7.69. The second kappa shape index (κ2) is 7.70. The van der Waals surface area contributed by atoms with Crippen LogP contribution in [0.25, 0.3) is 0 Å². The summed E-state index contributed by atoms with van der Waals surface area (Å²) in [6, 6.07) is 21.8. The van der Waals surface area contributed by atoms with Crippen molar-refractivity contribution in [2.45, 2.75) is 6.92 Å². The highest BCUT2D eigenvalue weighted by atomic mass is 35.5. The fraction of sp³-hybridized carbons (Fsp3) is 0.0500. The molecule has 0 radical (unpaired) electrons. The molecular weight excluding hydrogens is 355 g/mol. The lowest BCUT2D eigenvalue weighted by atomic mass is 10.1. The number of hydrogen-bond donors (Lipinski definition) is 1. The van der Waals surface area contributed by atoms with Crippen molar-refractivity contribution < 1.29 is 5.21 Å². The van der Waals surface area contributed by atoms with Gasteiger partial charge in [-0.25, -0.2) is 10.1 Å². The number of rotatable bonds is 3. The highest BCUT2D eigenvalue weighted by molar-refractivity contribution is 6.35. The minimum Gasteiger partial charge on any atom is -0.282 e. The maximum Gasteiger partial charge on any atom is 0.167 e. The number of amidine groups is 1. The van der Waals surface area contributed by atoms with E-state index in [1.807, 2.05) is 49.4 Å². The lowest BCUT2D eigenvalue weighted by Gasteiger charge is -2.20. The van der Waals surface area contributed by atoms with Crippen molar-refractivity contribution in [3.63, 3.8) is 0 Å². The Morgan fingerprint density at radius 2 is 1.52 bits per heavy atom. The molecule has 0 saturated heterocycles. The van der Waals surface area contributed by atoms with Crippen molar-refractivity contribution in [3.05, 3.63) is 94.0 Å². The fourth-order valence-electron chi connectivity index (χ4n) is 2.31. The van der Waals surface area contributed by atoms with Gasteiger partial charge in [0, 0.05) is 10.6 Å². The van der Waals surface area contributed by atoms with E-state index in [9.17, 15) is 5.21 Å². The van der Waals surface area contributed by atoms with Crippen molar-refractivity contribution in [1.82, 2.24) is 0 Å². The van der Waals surface area contributed by atoms with E-state index in [1.54, 1.807) is 30.3 Å². The first-order valence-corrected chi connectivity index (χ1v) is 8.45. The zero-order valence-electron chi connectivity index (χ0n) is 13.5. The minimum absolute atomic E-state index is 0.330. The molecule has 0 heterocycles. The molecule has 3 rings (SSSR count). The van der Waals surface area contributed by atoms with Gasteiger partial charge >= 0.3 is 0 Å². The predicted molar refractivity (Wildman–Crippen MR) is 105 cm³/mol. The Morgan fingerprint density at radius 3 is 2.16 bits per heavy atom. The zero-order valence-corrected chi connectivity index (χ0v) is 15.0. The average Bonchev–Trinajstić information content (AvgIpc) is 2.62. The summed E-state index contributed by atoms with van der Waals surface area (Å²) in [5, 5.41) is 12.9. The van der Waals surface area contributed by atoms with Gasteiger partial charge in [0.05, 0.1) is 16.4 Å². The van der Waals surface area contributed by atoms with Crippen LogP contribution in [0.3, 0.4) is 0 Å². The fourth-order valence-corrected chi connectivity index (χ4v) is 2.66. The van der Waals surface area contributed by atoms with Crippen LogP contribution in [0.2, 0.25) is 10.0 Å². The van der Waals surface area contributed by atoms with Gasteiger partial charge in [-0.1, -0.05) is 53.0 Å². The molecule has 5 heteroatoms. The van der Waals surface area contributed by atoms with Gasteiger partial charge < -0.3 is 0 Å². The summed E-state index contributed by atoms with van der Waals surface area (Å²) in [4.78, 5) is 4.60. The number of hydroxylamine groups is 1. The van der Waals surface area contributed by atoms with E-state index in [0.29, 0.717) is 32.8 Å². The highest BCUT2D eigenvalue weighted by Crippen LogP contribution is 2.25. The van der Waals surface area contributed by atoms with Crippen molar-refractivity contribution in [3.8, 4) is 0 Å². The zero-order chi connectivity index (χ0) is 17.8. The van der Waals surface area contributed by atoms with Crippen molar-refractivity contribution in [2.24, 2.45) is 4.99 Å². The maximum atomic E-state index is 10.8. The molecule has 126 valence electrons. The topological polar surface area (TPSA) is 35.8 Å². The molecule has 0 atom stereocenters. The molecule has 3 aromatic rings. The molecule has 0 spiro atoms. The summed E-state index contributed by atoms with van der Waals surface area (Å²) in [6.45, 7) is 2.01.